The number of aliphatic hydroxyl groups is 1. The van der Waals surface area contributed by atoms with Crippen LogP contribution in [-0.2, 0) is 9.84 Å². The van der Waals surface area contributed by atoms with Gasteiger partial charge in [0, 0.05) is 18.9 Å². The van der Waals surface area contributed by atoms with Crippen molar-refractivity contribution in [1.82, 2.24) is 4.90 Å². The van der Waals surface area contributed by atoms with E-state index in [1.165, 1.54) is 0 Å². The summed E-state index contributed by atoms with van der Waals surface area (Å²) < 4.78 is 23.3. The lowest BCUT2D eigenvalue weighted by Crippen LogP contribution is -2.43. The van der Waals surface area contributed by atoms with Crippen LogP contribution in [0, 0.1) is 5.41 Å². The molecule has 1 aliphatic heterocycles. The van der Waals surface area contributed by atoms with E-state index in [1.807, 2.05) is 6.92 Å². The predicted octanol–water partition coefficient (Wildman–Crippen LogP) is 1.30. The quantitative estimate of drug-likeness (QED) is 0.762. The third kappa shape index (κ3) is 4.52. The van der Waals surface area contributed by atoms with E-state index in [4.69, 9.17) is 0 Å². The van der Waals surface area contributed by atoms with E-state index in [1.54, 1.807) is 0 Å². The van der Waals surface area contributed by atoms with Crippen LogP contribution in [0.1, 0.15) is 39.5 Å². The summed E-state index contributed by atoms with van der Waals surface area (Å²) in [6.07, 6.45) is 3.67. The van der Waals surface area contributed by atoms with Gasteiger partial charge in [-0.05, 0) is 44.2 Å². The monoisotopic (exact) mass is 277 g/mol. The molecular weight excluding hydrogens is 250 g/mol. The summed E-state index contributed by atoms with van der Waals surface area (Å²) in [6.45, 7) is 6.75. The van der Waals surface area contributed by atoms with E-state index in [0.29, 0.717) is 18.7 Å². The van der Waals surface area contributed by atoms with Gasteiger partial charge in [-0.1, -0.05) is 13.8 Å². The minimum Gasteiger partial charge on any atom is -0.396 e. The third-order valence-electron chi connectivity index (χ3n) is 4.24. The molecule has 0 amide bonds. The molecular formula is C13H27NO3S. The lowest BCUT2D eigenvalue weighted by atomic mass is 9.77. The molecule has 0 aromatic carbocycles. The molecule has 0 aliphatic carbocycles. The van der Waals surface area contributed by atoms with Crippen LogP contribution in [0.15, 0.2) is 0 Å². The van der Waals surface area contributed by atoms with Crippen LogP contribution < -0.4 is 0 Å². The summed E-state index contributed by atoms with van der Waals surface area (Å²) in [5.41, 5.74) is 0.0821. The second kappa shape index (κ2) is 6.87. The summed E-state index contributed by atoms with van der Waals surface area (Å²) in [5, 5.41) is 9.44. The van der Waals surface area contributed by atoms with Crippen molar-refractivity contribution in [1.29, 1.82) is 0 Å². The van der Waals surface area contributed by atoms with E-state index >= 15 is 0 Å². The Balaban J connectivity index is 2.36. The van der Waals surface area contributed by atoms with E-state index in [2.05, 4.69) is 11.8 Å². The number of piperidine rings is 1. The Labute approximate surface area is 111 Å². The molecule has 0 aromatic rings. The van der Waals surface area contributed by atoms with Crippen LogP contribution in [-0.4, -0.2) is 56.2 Å². The number of likely N-dealkylation sites (tertiary alicyclic amines) is 1. The van der Waals surface area contributed by atoms with Crippen molar-refractivity contribution in [2.45, 2.75) is 39.5 Å². The lowest BCUT2D eigenvalue weighted by Gasteiger charge is -2.40. The zero-order chi connectivity index (χ0) is 13.6. The first kappa shape index (κ1) is 15.9. The van der Waals surface area contributed by atoms with Gasteiger partial charge in [0.1, 0.15) is 0 Å². The van der Waals surface area contributed by atoms with Gasteiger partial charge in [-0.2, -0.15) is 0 Å². The minimum atomic E-state index is -2.86. The molecule has 1 saturated heterocycles. The van der Waals surface area contributed by atoms with Gasteiger partial charge in [0.15, 0.2) is 9.84 Å². The first-order chi connectivity index (χ1) is 8.47. The number of rotatable bonds is 7. The normalized spacial score (nSPS) is 21.1. The summed E-state index contributed by atoms with van der Waals surface area (Å²) in [7, 11) is -2.86. The Morgan fingerprint density at radius 2 is 1.78 bits per heavy atom. The first-order valence-electron chi connectivity index (χ1n) is 7.00. The Morgan fingerprint density at radius 3 is 2.22 bits per heavy atom. The molecule has 18 heavy (non-hydrogen) atoms. The maximum Gasteiger partial charge on any atom is 0.151 e. The second-order valence-electron chi connectivity index (χ2n) is 5.51. The number of nitrogens with zero attached hydrogens (tertiary/aromatic N) is 1. The van der Waals surface area contributed by atoms with Crippen LogP contribution >= 0.6 is 0 Å². The topological polar surface area (TPSA) is 57.6 Å². The lowest BCUT2D eigenvalue weighted by molar-refractivity contribution is 0.0431. The highest BCUT2D eigenvalue weighted by Crippen LogP contribution is 2.33. The molecule has 0 atom stereocenters. The molecule has 4 nitrogen and oxygen atoms in total. The van der Waals surface area contributed by atoms with Gasteiger partial charge in [-0.3, -0.25) is 0 Å². The van der Waals surface area contributed by atoms with Crippen molar-refractivity contribution in [3.63, 3.8) is 0 Å². The van der Waals surface area contributed by atoms with E-state index in [0.717, 1.165) is 32.4 Å². The second-order valence-corrected chi connectivity index (χ2v) is 7.81. The predicted molar refractivity (Wildman–Crippen MR) is 74.4 cm³/mol. The van der Waals surface area contributed by atoms with Crippen molar-refractivity contribution in [2.75, 3.05) is 37.7 Å². The molecule has 1 aliphatic rings. The van der Waals surface area contributed by atoms with Crippen LogP contribution in [0.5, 0.6) is 0 Å². The molecule has 0 bridgehead atoms. The largest absolute Gasteiger partial charge is 0.396 e. The standard InChI is InChI=1S/C13H27NO3S/c1-3-10-18(16,17)11-9-14-7-5-13(4-2,12-15)6-8-14/h15H,3-12H2,1-2H3. The summed E-state index contributed by atoms with van der Waals surface area (Å²) in [4.78, 5) is 2.22. The maximum atomic E-state index is 11.6. The Kier molecular flexibility index (Phi) is 6.08. The molecule has 1 fully saturated rings. The van der Waals surface area contributed by atoms with Crippen molar-refractivity contribution in [3.8, 4) is 0 Å². The highest BCUT2D eigenvalue weighted by molar-refractivity contribution is 7.91. The first-order valence-corrected chi connectivity index (χ1v) is 8.83. The van der Waals surface area contributed by atoms with Crippen molar-refractivity contribution >= 4 is 9.84 Å². The van der Waals surface area contributed by atoms with Gasteiger partial charge in [0.05, 0.1) is 5.75 Å². The molecule has 0 radical (unpaired) electrons. The maximum absolute atomic E-state index is 11.6. The minimum absolute atomic E-state index is 0.0821. The van der Waals surface area contributed by atoms with Crippen LogP contribution in [0.25, 0.3) is 0 Å². The Bertz CT molecular complexity index is 326. The molecule has 5 heteroatoms. The SMILES string of the molecule is CCCS(=O)(=O)CCN1CCC(CC)(CO)CC1. The fraction of sp³-hybridized carbons (Fsp3) is 1.00. The van der Waals surface area contributed by atoms with Crippen LogP contribution in [0.2, 0.25) is 0 Å². The Morgan fingerprint density at radius 1 is 1.17 bits per heavy atom. The number of hydrogen-bond acceptors (Lipinski definition) is 4. The van der Waals surface area contributed by atoms with Crippen LogP contribution in [0.3, 0.4) is 0 Å². The fourth-order valence-corrected chi connectivity index (χ4v) is 3.92. The molecule has 1 N–H and O–H groups in total. The fourth-order valence-electron chi connectivity index (χ4n) is 2.56. The number of aliphatic hydroxyl groups excluding tert-OH is 1. The molecule has 0 aromatic heterocycles. The van der Waals surface area contributed by atoms with Gasteiger partial charge >= 0.3 is 0 Å². The van der Waals surface area contributed by atoms with E-state index in [-0.39, 0.29) is 17.8 Å². The summed E-state index contributed by atoms with van der Waals surface area (Å²) in [6, 6.07) is 0. The number of sulfone groups is 1. The average Bonchev–Trinajstić information content (AvgIpc) is 2.37. The Hall–Kier alpha value is -0.130. The molecule has 108 valence electrons. The molecule has 0 saturated carbocycles. The van der Waals surface area contributed by atoms with Crippen molar-refractivity contribution < 1.29 is 13.5 Å². The van der Waals surface area contributed by atoms with E-state index in [9.17, 15) is 13.5 Å². The third-order valence-corrected chi connectivity index (χ3v) is 6.07. The van der Waals surface area contributed by atoms with Gasteiger partial charge in [0.2, 0.25) is 0 Å². The zero-order valence-electron chi connectivity index (χ0n) is 11.7. The van der Waals surface area contributed by atoms with Gasteiger partial charge < -0.3 is 10.0 Å². The highest BCUT2D eigenvalue weighted by Gasteiger charge is 2.32. The molecule has 1 rings (SSSR count). The molecule has 0 spiro atoms. The van der Waals surface area contributed by atoms with Crippen molar-refractivity contribution in [2.24, 2.45) is 5.41 Å². The van der Waals surface area contributed by atoms with Gasteiger partial charge in [0.25, 0.3) is 0 Å². The molecule has 0 unspecified atom stereocenters. The smallest absolute Gasteiger partial charge is 0.151 e. The number of hydrogen-bond donors (Lipinski definition) is 1. The van der Waals surface area contributed by atoms with Gasteiger partial charge in [-0.25, -0.2) is 8.42 Å². The average molecular weight is 277 g/mol. The molecule has 1 heterocycles. The zero-order valence-corrected chi connectivity index (χ0v) is 12.5. The highest BCUT2D eigenvalue weighted by atomic mass is 32.2. The van der Waals surface area contributed by atoms with Crippen molar-refractivity contribution in [3.05, 3.63) is 0 Å². The summed E-state index contributed by atoms with van der Waals surface area (Å²) in [5.74, 6) is 0.579. The van der Waals surface area contributed by atoms with Crippen LogP contribution in [0.4, 0.5) is 0 Å². The van der Waals surface area contributed by atoms with E-state index < -0.39 is 9.84 Å². The summed E-state index contributed by atoms with van der Waals surface area (Å²) >= 11 is 0. The van der Waals surface area contributed by atoms with Gasteiger partial charge in [-0.15, -0.1) is 0 Å².